The molecular formula is C28H34N4O2. The van der Waals surface area contributed by atoms with E-state index in [1.807, 2.05) is 37.3 Å². The Balaban J connectivity index is 1.26. The van der Waals surface area contributed by atoms with Gasteiger partial charge in [0.25, 0.3) is 5.91 Å². The molecule has 1 saturated heterocycles. The minimum Gasteiger partial charge on any atom is -0.493 e. The van der Waals surface area contributed by atoms with E-state index in [0.717, 1.165) is 57.7 Å². The summed E-state index contributed by atoms with van der Waals surface area (Å²) in [5.74, 6) is 1.51. The van der Waals surface area contributed by atoms with Crippen LogP contribution < -0.4 is 4.74 Å². The summed E-state index contributed by atoms with van der Waals surface area (Å²) < 4.78 is 7.35. The van der Waals surface area contributed by atoms with Crippen LogP contribution in [0.15, 0.2) is 60.8 Å². The van der Waals surface area contributed by atoms with E-state index in [-0.39, 0.29) is 11.9 Å². The molecule has 5 rings (SSSR count). The van der Waals surface area contributed by atoms with E-state index in [4.69, 9.17) is 4.74 Å². The summed E-state index contributed by atoms with van der Waals surface area (Å²) in [6.45, 7) is 3.88. The van der Waals surface area contributed by atoms with Crippen molar-refractivity contribution in [3.8, 4) is 5.75 Å². The number of carbonyl (C=O) groups is 1. The van der Waals surface area contributed by atoms with Crippen LogP contribution in [0, 0.1) is 5.92 Å². The Bertz CT molecular complexity index is 1120. The highest BCUT2D eigenvalue weighted by molar-refractivity contribution is 5.92. The monoisotopic (exact) mass is 458 g/mol. The molecule has 1 aromatic heterocycles. The fraction of sp³-hybridized carbons (Fsp3) is 0.429. The maximum atomic E-state index is 13.3. The Morgan fingerprint density at radius 3 is 2.65 bits per heavy atom. The molecule has 2 aliphatic rings. The maximum absolute atomic E-state index is 13.3. The van der Waals surface area contributed by atoms with Crippen molar-refractivity contribution in [2.75, 3.05) is 26.7 Å². The van der Waals surface area contributed by atoms with Crippen molar-refractivity contribution in [1.82, 2.24) is 19.6 Å². The average Bonchev–Trinajstić information content (AvgIpc) is 3.51. The van der Waals surface area contributed by atoms with E-state index in [0.29, 0.717) is 11.6 Å². The van der Waals surface area contributed by atoms with Gasteiger partial charge in [-0.05, 0) is 67.1 Å². The number of carbonyl (C=O) groups excluding carboxylic acids is 1. The van der Waals surface area contributed by atoms with E-state index in [1.165, 1.54) is 16.7 Å². The van der Waals surface area contributed by atoms with Gasteiger partial charge in [-0.2, -0.15) is 5.10 Å². The van der Waals surface area contributed by atoms with Crippen LogP contribution in [0.1, 0.15) is 40.0 Å². The Kier molecular flexibility index (Phi) is 6.68. The van der Waals surface area contributed by atoms with Gasteiger partial charge in [-0.3, -0.25) is 14.4 Å². The first-order valence-electron chi connectivity index (χ1n) is 12.3. The van der Waals surface area contributed by atoms with Crippen molar-refractivity contribution in [3.63, 3.8) is 0 Å². The zero-order valence-corrected chi connectivity index (χ0v) is 20.2. The third-order valence-corrected chi connectivity index (χ3v) is 7.37. The standard InChI is InChI=1S/C28H34N4O2/c1-30-14-12-25(29-30)28(33)31(2)26(19-21-6-4-3-5-7-21)23-10-15-32(16-11-23)20-22-8-9-27-24(18-22)13-17-34-27/h3-9,12,14,18,23,26H,10-11,13,15-17,19-20H2,1-2H3/t26-/m1/s1. The molecule has 0 spiro atoms. The lowest BCUT2D eigenvalue weighted by molar-refractivity contribution is 0.0579. The average molecular weight is 459 g/mol. The van der Waals surface area contributed by atoms with Gasteiger partial charge in [0.05, 0.1) is 6.61 Å². The number of piperidine rings is 1. The third kappa shape index (κ3) is 5.02. The smallest absolute Gasteiger partial charge is 0.274 e. The van der Waals surface area contributed by atoms with Crippen molar-refractivity contribution < 1.29 is 9.53 Å². The summed E-state index contributed by atoms with van der Waals surface area (Å²) in [5.41, 5.74) is 4.49. The molecule has 178 valence electrons. The molecule has 0 unspecified atom stereocenters. The summed E-state index contributed by atoms with van der Waals surface area (Å²) in [5, 5.41) is 4.36. The molecule has 2 aromatic carbocycles. The molecule has 2 aliphatic heterocycles. The number of hydrogen-bond donors (Lipinski definition) is 0. The van der Waals surface area contributed by atoms with Crippen LogP contribution in [-0.2, 0) is 26.4 Å². The number of likely N-dealkylation sites (N-methyl/N-ethyl adjacent to an activating group) is 1. The van der Waals surface area contributed by atoms with E-state index < -0.39 is 0 Å². The highest BCUT2D eigenvalue weighted by Crippen LogP contribution is 2.30. The van der Waals surface area contributed by atoms with Crippen LogP contribution in [0.5, 0.6) is 5.75 Å². The fourth-order valence-electron chi connectivity index (χ4n) is 5.43. The molecule has 0 aliphatic carbocycles. The minimum absolute atomic E-state index is 0.00400. The number of amides is 1. The molecular weight excluding hydrogens is 424 g/mol. The van der Waals surface area contributed by atoms with Crippen molar-refractivity contribution in [2.45, 2.75) is 38.3 Å². The number of rotatable bonds is 7. The SMILES string of the molecule is CN(C(=O)c1ccn(C)n1)[C@H](Cc1ccccc1)C1CCN(Cc2ccc3c(c2)CCO3)CC1. The van der Waals surface area contributed by atoms with Gasteiger partial charge in [0.15, 0.2) is 0 Å². The van der Waals surface area contributed by atoms with Gasteiger partial charge in [-0.25, -0.2) is 0 Å². The van der Waals surface area contributed by atoms with Crippen LogP contribution in [0.2, 0.25) is 0 Å². The van der Waals surface area contributed by atoms with E-state index in [9.17, 15) is 4.79 Å². The molecule has 6 heteroatoms. The Morgan fingerprint density at radius 1 is 1.12 bits per heavy atom. The molecule has 0 N–H and O–H groups in total. The minimum atomic E-state index is 0.00400. The van der Waals surface area contributed by atoms with Crippen LogP contribution in [-0.4, -0.2) is 58.3 Å². The fourth-order valence-corrected chi connectivity index (χ4v) is 5.43. The molecule has 1 atom stereocenters. The predicted molar refractivity (Wildman–Crippen MR) is 133 cm³/mol. The first-order valence-corrected chi connectivity index (χ1v) is 12.3. The second-order valence-electron chi connectivity index (χ2n) is 9.70. The molecule has 3 heterocycles. The molecule has 0 radical (unpaired) electrons. The molecule has 0 saturated carbocycles. The van der Waals surface area contributed by atoms with E-state index >= 15 is 0 Å². The highest BCUT2D eigenvalue weighted by atomic mass is 16.5. The Hall–Kier alpha value is -3.12. The topological polar surface area (TPSA) is 50.6 Å². The van der Waals surface area contributed by atoms with E-state index in [2.05, 4.69) is 52.5 Å². The first kappa shape index (κ1) is 22.7. The number of aromatic nitrogens is 2. The quantitative estimate of drug-likeness (QED) is 0.538. The number of nitrogens with zero attached hydrogens (tertiary/aromatic N) is 4. The number of aryl methyl sites for hydroxylation is 1. The number of benzene rings is 2. The van der Waals surface area contributed by atoms with Crippen molar-refractivity contribution in [1.29, 1.82) is 0 Å². The first-order chi connectivity index (χ1) is 16.6. The number of fused-ring (bicyclic) bond motifs is 1. The Morgan fingerprint density at radius 2 is 1.91 bits per heavy atom. The third-order valence-electron chi connectivity index (χ3n) is 7.37. The van der Waals surface area contributed by atoms with Gasteiger partial charge >= 0.3 is 0 Å². The van der Waals surface area contributed by atoms with Gasteiger partial charge < -0.3 is 9.64 Å². The number of ether oxygens (including phenoxy) is 1. The zero-order valence-electron chi connectivity index (χ0n) is 20.2. The lowest BCUT2D eigenvalue weighted by atomic mass is 9.84. The van der Waals surface area contributed by atoms with Crippen molar-refractivity contribution in [3.05, 3.63) is 83.2 Å². The summed E-state index contributed by atoms with van der Waals surface area (Å²) in [6, 6.07) is 19.1. The maximum Gasteiger partial charge on any atom is 0.274 e. The summed E-state index contributed by atoms with van der Waals surface area (Å²) in [7, 11) is 3.80. The second-order valence-corrected chi connectivity index (χ2v) is 9.70. The predicted octanol–water partition coefficient (Wildman–Crippen LogP) is 3.95. The van der Waals surface area contributed by atoms with Gasteiger partial charge in [-0.1, -0.05) is 42.5 Å². The van der Waals surface area contributed by atoms with E-state index in [1.54, 1.807) is 4.68 Å². The van der Waals surface area contributed by atoms with Gasteiger partial charge in [0, 0.05) is 39.3 Å². The Labute approximate surface area is 202 Å². The molecule has 6 nitrogen and oxygen atoms in total. The zero-order chi connectivity index (χ0) is 23.5. The summed E-state index contributed by atoms with van der Waals surface area (Å²) >= 11 is 0. The molecule has 34 heavy (non-hydrogen) atoms. The number of likely N-dealkylation sites (tertiary alicyclic amines) is 1. The number of hydrogen-bond acceptors (Lipinski definition) is 4. The van der Waals surface area contributed by atoms with Gasteiger partial charge in [0.1, 0.15) is 11.4 Å². The van der Waals surface area contributed by atoms with Crippen molar-refractivity contribution in [2.24, 2.45) is 13.0 Å². The normalized spacial score (nSPS) is 17.2. The van der Waals surface area contributed by atoms with Crippen LogP contribution in [0.25, 0.3) is 0 Å². The van der Waals surface area contributed by atoms with Crippen LogP contribution in [0.4, 0.5) is 0 Å². The second kappa shape index (κ2) is 10.0. The molecule has 1 fully saturated rings. The molecule has 0 bridgehead atoms. The summed E-state index contributed by atoms with van der Waals surface area (Å²) in [6.07, 6.45) is 5.89. The van der Waals surface area contributed by atoms with Crippen LogP contribution >= 0.6 is 0 Å². The van der Waals surface area contributed by atoms with Gasteiger partial charge in [-0.15, -0.1) is 0 Å². The molecule has 3 aromatic rings. The lowest BCUT2D eigenvalue weighted by Gasteiger charge is -2.40. The lowest BCUT2D eigenvalue weighted by Crippen LogP contribution is -2.47. The largest absolute Gasteiger partial charge is 0.493 e. The van der Waals surface area contributed by atoms with Gasteiger partial charge in [0.2, 0.25) is 0 Å². The van der Waals surface area contributed by atoms with Crippen molar-refractivity contribution >= 4 is 5.91 Å². The summed E-state index contributed by atoms with van der Waals surface area (Å²) in [4.78, 5) is 17.8. The molecule has 1 amide bonds. The van der Waals surface area contributed by atoms with Crippen LogP contribution in [0.3, 0.4) is 0 Å². The highest BCUT2D eigenvalue weighted by Gasteiger charge is 2.32.